The molecule has 0 fully saturated rings. The molecule has 2 atom stereocenters. The van der Waals surface area contributed by atoms with Crippen LogP contribution in [0.2, 0.25) is 0 Å². The van der Waals surface area contributed by atoms with Crippen LogP contribution in [0.1, 0.15) is 106 Å². The first-order valence-electron chi connectivity index (χ1n) is 12.2. The predicted molar refractivity (Wildman–Crippen MR) is 126 cm³/mol. The van der Waals surface area contributed by atoms with E-state index in [-0.39, 0.29) is 23.8 Å². The minimum Gasteiger partial charge on any atom is -0.457 e. The molecule has 0 aliphatic heterocycles. The fourth-order valence-electron chi connectivity index (χ4n) is 3.75. The van der Waals surface area contributed by atoms with E-state index in [1.807, 2.05) is 0 Å². The number of amides is 1. The summed E-state index contributed by atoms with van der Waals surface area (Å²) in [5.74, 6) is -1.62. The van der Waals surface area contributed by atoms with Crippen molar-refractivity contribution in [3.05, 3.63) is 48.3 Å². The zero-order valence-electron chi connectivity index (χ0n) is 20.5. The molecule has 2 unspecified atom stereocenters. The van der Waals surface area contributed by atoms with Gasteiger partial charge in [0, 0.05) is 6.42 Å². The van der Waals surface area contributed by atoms with Crippen LogP contribution in [0.4, 0.5) is 0 Å². The molecule has 1 amide bonds. The summed E-state index contributed by atoms with van der Waals surface area (Å²) in [6.45, 7) is 5.33. The van der Waals surface area contributed by atoms with E-state index in [0.29, 0.717) is 6.42 Å². The van der Waals surface area contributed by atoms with Crippen LogP contribution in [0.5, 0.6) is 0 Å². The molecule has 0 aliphatic carbocycles. The van der Waals surface area contributed by atoms with Gasteiger partial charge < -0.3 is 18.3 Å². The van der Waals surface area contributed by atoms with Crippen molar-refractivity contribution >= 4 is 17.8 Å². The monoisotopic (exact) mass is 475 g/mol. The van der Waals surface area contributed by atoms with E-state index >= 15 is 0 Å². The maximum Gasteiger partial charge on any atom is 0.376 e. The maximum atomic E-state index is 13.1. The Morgan fingerprint density at radius 1 is 0.765 bits per heavy atom. The Kier molecular flexibility index (Phi) is 12.0. The number of hydrogen-bond donors (Lipinski definition) is 0. The van der Waals surface area contributed by atoms with Gasteiger partial charge in [-0.25, -0.2) is 9.59 Å². The minimum absolute atomic E-state index is 0.0263. The molecule has 0 spiro atoms. The van der Waals surface area contributed by atoms with Crippen molar-refractivity contribution in [2.45, 2.75) is 97.4 Å². The maximum absolute atomic E-state index is 13.1. The van der Waals surface area contributed by atoms with Crippen LogP contribution in [0.25, 0.3) is 0 Å². The van der Waals surface area contributed by atoms with Crippen molar-refractivity contribution < 1.29 is 32.7 Å². The molecule has 0 radical (unpaired) electrons. The molecule has 2 rings (SSSR count). The fourth-order valence-corrected chi connectivity index (χ4v) is 3.75. The number of furan rings is 2. The van der Waals surface area contributed by atoms with Crippen molar-refractivity contribution in [3.8, 4) is 0 Å². The van der Waals surface area contributed by atoms with Gasteiger partial charge in [0.1, 0.15) is 0 Å². The van der Waals surface area contributed by atoms with Gasteiger partial charge in [0.25, 0.3) is 0 Å². The number of ether oxygens (including phenoxy) is 2. The summed E-state index contributed by atoms with van der Waals surface area (Å²) in [5, 5.41) is 0. The second kappa shape index (κ2) is 15.0. The summed E-state index contributed by atoms with van der Waals surface area (Å²) in [6.07, 6.45) is 11.2. The molecule has 188 valence electrons. The van der Waals surface area contributed by atoms with E-state index in [2.05, 4.69) is 6.92 Å². The van der Waals surface area contributed by atoms with E-state index < -0.39 is 24.4 Å². The van der Waals surface area contributed by atoms with E-state index in [1.54, 1.807) is 26.0 Å². The standard InChI is InChI=1S/C26H37NO7/c1-4-5-6-7-8-9-10-11-12-17-24(28)27(20(2)33-25(29)22-15-13-18-31-22)21(3)34-26(30)23-16-14-19-32-23/h13-16,18-21H,4-12,17H2,1-3H3. The van der Waals surface area contributed by atoms with Crippen molar-refractivity contribution in [2.75, 3.05) is 0 Å². The Morgan fingerprint density at radius 3 is 1.62 bits per heavy atom. The van der Waals surface area contributed by atoms with Gasteiger partial charge in [0.2, 0.25) is 17.4 Å². The van der Waals surface area contributed by atoms with Crippen molar-refractivity contribution in [3.63, 3.8) is 0 Å². The van der Waals surface area contributed by atoms with E-state index in [1.165, 1.54) is 61.7 Å². The number of carbonyl (C=O) groups excluding carboxylic acids is 3. The number of rotatable bonds is 16. The molecule has 0 saturated heterocycles. The fraction of sp³-hybridized carbons (Fsp3) is 0.577. The largest absolute Gasteiger partial charge is 0.457 e. The lowest BCUT2D eigenvalue weighted by Crippen LogP contribution is -2.48. The zero-order chi connectivity index (χ0) is 24.8. The molecule has 8 nitrogen and oxygen atoms in total. The highest BCUT2D eigenvalue weighted by molar-refractivity contribution is 5.87. The van der Waals surface area contributed by atoms with E-state index in [4.69, 9.17) is 18.3 Å². The summed E-state index contributed by atoms with van der Waals surface area (Å²) in [5.41, 5.74) is 0. The first-order valence-corrected chi connectivity index (χ1v) is 12.2. The molecule has 0 aliphatic rings. The lowest BCUT2D eigenvalue weighted by molar-refractivity contribution is -0.157. The molecule has 34 heavy (non-hydrogen) atoms. The lowest BCUT2D eigenvalue weighted by atomic mass is 10.1. The van der Waals surface area contributed by atoms with Gasteiger partial charge in [-0.05, 0) is 44.5 Å². The summed E-state index contributed by atoms with van der Waals surface area (Å²) in [6, 6.07) is 6.09. The highest BCUT2D eigenvalue weighted by Crippen LogP contribution is 2.18. The van der Waals surface area contributed by atoms with Crippen LogP contribution < -0.4 is 0 Å². The van der Waals surface area contributed by atoms with Crippen LogP contribution in [0.3, 0.4) is 0 Å². The quantitative estimate of drug-likeness (QED) is 0.159. The molecule has 0 N–H and O–H groups in total. The van der Waals surface area contributed by atoms with Gasteiger partial charge in [0.15, 0.2) is 12.5 Å². The summed E-state index contributed by atoms with van der Waals surface area (Å²) in [7, 11) is 0. The zero-order valence-corrected chi connectivity index (χ0v) is 20.5. The molecule has 2 aromatic heterocycles. The predicted octanol–water partition coefficient (Wildman–Crippen LogP) is 6.33. The lowest BCUT2D eigenvalue weighted by Gasteiger charge is -2.33. The Labute approximate surface area is 201 Å². The number of carbonyl (C=O) groups is 3. The van der Waals surface area contributed by atoms with Gasteiger partial charge in [-0.15, -0.1) is 0 Å². The number of hydrogen-bond acceptors (Lipinski definition) is 7. The molecular formula is C26H37NO7. The SMILES string of the molecule is CCCCCCCCCCCC(=O)N(C(C)OC(=O)c1ccco1)C(C)OC(=O)c1ccco1. The van der Waals surface area contributed by atoms with Crippen LogP contribution in [-0.4, -0.2) is 35.2 Å². The first kappa shape index (κ1) is 27.2. The van der Waals surface area contributed by atoms with Crippen LogP contribution in [0, 0.1) is 0 Å². The topological polar surface area (TPSA) is 99.2 Å². The Morgan fingerprint density at radius 2 is 1.21 bits per heavy atom. The molecule has 0 saturated carbocycles. The Hall–Kier alpha value is -3.03. The van der Waals surface area contributed by atoms with Crippen LogP contribution in [-0.2, 0) is 14.3 Å². The summed E-state index contributed by atoms with van der Waals surface area (Å²) >= 11 is 0. The minimum atomic E-state index is -0.969. The summed E-state index contributed by atoms with van der Waals surface area (Å²) < 4.78 is 21.0. The van der Waals surface area contributed by atoms with E-state index in [9.17, 15) is 14.4 Å². The van der Waals surface area contributed by atoms with Crippen LogP contribution >= 0.6 is 0 Å². The highest BCUT2D eigenvalue weighted by atomic mass is 16.6. The van der Waals surface area contributed by atoms with Crippen molar-refractivity contribution in [2.24, 2.45) is 0 Å². The molecule has 0 bridgehead atoms. The number of nitrogens with zero attached hydrogens (tertiary/aromatic N) is 1. The van der Waals surface area contributed by atoms with Crippen molar-refractivity contribution in [1.29, 1.82) is 0 Å². The molecule has 2 heterocycles. The molecular weight excluding hydrogens is 438 g/mol. The average Bonchev–Trinajstić information content (AvgIpc) is 3.52. The van der Waals surface area contributed by atoms with Gasteiger partial charge >= 0.3 is 11.9 Å². The average molecular weight is 476 g/mol. The van der Waals surface area contributed by atoms with Gasteiger partial charge in [-0.2, -0.15) is 0 Å². The summed E-state index contributed by atoms with van der Waals surface area (Å²) in [4.78, 5) is 39.0. The van der Waals surface area contributed by atoms with Gasteiger partial charge in [-0.1, -0.05) is 58.3 Å². The smallest absolute Gasteiger partial charge is 0.376 e. The van der Waals surface area contributed by atoms with E-state index in [0.717, 1.165) is 19.3 Å². The Bertz CT molecular complexity index is 790. The molecule has 0 aromatic carbocycles. The molecule has 8 heteroatoms. The second-order valence-corrected chi connectivity index (χ2v) is 8.34. The third kappa shape index (κ3) is 9.08. The van der Waals surface area contributed by atoms with Crippen LogP contribution in [0.15, 0.2) is 45.6 Å². The van der Waals surface area contributed by atoms with Gasteiger partial charge in [0.05, 0.1) is 12.5 Å². The molecule has 2 aromatic rings. The third-order valence-electron chi connectivity index (χ3n) is 5.57. The van der Waals surface area contributed by atoms with Gasteiger partial charge in [-0.3, -0.25) is 9.69 Å². The number of unbranched alkanes of at least 4 members (excludes halogenated alkanes) is 8. The van der Waals surface area contributed by atoms with Crippen molar-refractivity contribution in [1.82, 2.24) is 4.90 Å². The Balaban J connectivity index is 1.90. The highest BCUT2D eigenvalue weighted by Gasteiger charge is 2.31. The third-order valence-corrected chi connectivity index (χ3v) is 5.57. The normalized spacial score (nSPS) is 12.7. The number of esters is 2. The first-order chi connectivity index (χ1) is 16.4. The second-order valence-electron chi connectivity index (χ2n) is 8.34.